The lowest BCUT2D eigenvalue weighted by atomic mass is 10.1. The van der Waals surface area contributed by atoms with Gasteiger partial charge in [-0.25, -0.2) is 4.79 Å². The van der Waals surface area contributed by atoms with Gasteiger partial charge < -0.3 is 14.9 Å². The lowest BCUT2D eigenvalue weighted by Gasteiger charge is -2.19. The van der Waals surface area contributed by atoms with Gasteiger partial charge in [-0.15, -0.1) is 11.8 Å². The molecule has 24 heavy (non-hydrogen) atoms. The van der Waals surface area contributed by atoms with Crippen molar-refractivity contribution in [1.82, 2.24) is 14.9 Å². The first-order valence-electron chi connectivity index (χ1n) is 7.29. The van der Waals surface area contributed by atoms with E-state index in [9.17, 15) is 14.7 Å². The number of amides is 1. The highest BCUT2D eigenvalue weighted by molar-refractivity contribution is 7.99. The highest BCUT2D eigenvalue weighted by Crippen LogP contribution is 2.20. The molecule has 0 aliphatic carbocycles. The number of carbonyl (C=O) groups is 2. The fraction of sp³-hybridized carbons (Fsp3) is 0.467. The van der Waals surface area contributed by atoms with Crippen molar-refractivity contribution in [3.05, 3.63) is 29.4 Å². The van der Waals surface area contributed by atoms with Gasteiger partial charge in [-0.2, -0.15) is 5.10 Å². The maximum absolute atomic E-state index is 12.0. The molecule has 2 N–H and O–H groups in total. The van der Waals surface area contributed by atoms with Crippen molar-refractivity contribution in [2.45, 2.75) is 39.0 Å². The van der Waals surface area contributed by atoms with Gasteiger partial charge in [0.2, 0.25) is 5.91 Å². The van der Waals surface area contributed by atoms with Crippen LogP contribution in [0.3, 0.4) is 0 Å². The first kappa shape index (κ1) is 18.1. The van der Waals surface area contributed by atoms with Crippen LogP contribution in [-0.4, -0.2) is 37.7 Å². The van der Waals surface area contributed by atoms with Crippen LogP contribution in [0.4, 0.5) is 5.69 Å². The Bertz CT molecular complexity index is 731. The molecule has 0 radical (unpaired) electrons. The number of nitrogens with one attached hydrogen (secondary N) is 1. The Morgan fingerprint density at radius 2 is 2.12 bits per heavy atom. The van der Waals surface area contributed by atoms with Gasteiger partial charge in [0.1, 0.15) is 5.76 Å². The SMILES string of the molecule is Cc1noc(C)c1CSCC(=O)Nc1cnn(C(C)(C)C(=O)O)c1. The second-order valence-electron chi connectivity index (χ2n) is 5.88. The number of aryl methyl sites for hydroxylation is 2. The Kier molecular flexibility index (Phi) is 5.33. The molecule has 2 aromatic heterocycles. The van der Waals surface area contributed by atoms with Crippen LogP contribution >= 0.6 is 11.8 Å². The zero-order chi connectivity index (χ0) is 17.9. The van der Waals surface area contributed by atoms with E-state index >= 15 is 0 Å². The summed E-state index contributed by atoms with van der Waals surface area (Å²) < 4.78 is 6.39. The van der Waals surface area contributed by atoms with Crippen LogP contribution in [0, 0.1) is 13.8 Å². The number of anilines is 1. The van der Waals surface area contributed by atoms with Crippen molar-refractivity contribution in [2.24, 2.45) is 0 Å². The van der Waals surface area contributed by atoms with E-state index in [2.05, 4.69) is 15.6 Å². The number of nitrogens with zero attached hydrogens (tertiary/aromatic N) is 3. The molecule has 0 fully saturated rings. The van der Waals surface area contributed by atoms with Gasteiger partial charge in [0.15, 0.2) is 5.54 Å². The number of carboxylic acids is 1. The molecular formula is C15H20N4O4S. The maximum Gasteiger partial charge on any atom is 0.331 e. The van der Waals surface area contributed by atoms with Crippen molar-refractivity contribution in [3.63, 3.8) is 0 Å². The molecule has 0 atom stereocenters. The molecule has 0 bridgehead atoms. The molecule has 2 rings (SSSR count). The highest BCUT2D eigenvalue weighted by Gasteiger charge is 2.30. The number of aliphatic carboxylic acids is 1. The summed E-state index contributed by atoms with van der Waals surface area (Å²) >= 11 is 1.45. The smallest absolute Gasteiger partial charge is 0.331 e. The third-order valence-electron chi connectivity index (χ3n) is 3.62. The molecule has 130 valence electrons. The third kappa shape index (κ3) is 3.97. The summed E-state index contributed by atoms with van der Waals surface area (Å²) in [5.41, 5.74) is 1.12. The molecule has 2 aromatic rings. The van der Waals surface area contributed by atoms with E-state index in [1.165, 1.54) is 42.7 Å². The minimum atomic E-state index is -1.18. The van der Waals surface area contributed by atoms with Gasteiger partial charge in [0.05, 0.1) is 23.3 Å². The largest absolute Gasteiger partial charge is 0.479 e. The number of hydrogen-bond donors (Lipinski definition) is 2. The number of hydrogen-bond acceptors (Lipinski definition) is 6. The lowest BCUT2D eigenvalue weighted by Crippen LogP contribution is -2.35. The quantitative estimate of drug-likeness (QED) is 0.785. The fourth-order valence-corrected chi connectivity index (χ4v) is 2.92. The van der Waals surface area contributed by atoms with E-state index in [0.717, 1.165) is 17.0 Å². The van der Waals surface area contributed by atoms with Crippen molar-refractivity contribution in [1.29, 1.82) is 0 Å². The summed E-state index contributed by atoms with van der Waals surface area (Å²) in [4.78, 5) is 23.2. The van der Waals surface area contributed by atoms with Crippen LogP contribution in [0.1, 0.15) is 30.9 Å². The van der Waals surface area contributed by atoms with E-state index in [-0.39, 0.29) is 11.7 Å². The Labute approximate surface area is 143 Å². The summed E-state index contributed by atoms with van der Waals surface area (Å²) in [6, 6.07) is 0. The fourth-order valence-electron chi connectivity index (χ4n) is 1.94. The third-order valence-corrected chi connectivity index (χ3v) is 4.58. The van der Waals surface area contributed by atoms with Crippen molar-refractivity contribution in [2.75, 3.05) is 11.1 Å². The molecule has 9 heteroatoms. The van der Waals surface area contributed by atoms with E-state index in [0.29, 0.717) is 11.4 Å². The van der Waals surface area contributed by atoms with Crippen LogP contribution < -0.4 is 5.32 Å². The first-order valence-corrected chi connectivity index (χ1v) is 8.45. The van der Waals surface area contributed by atoms with Gasteiger partial charge in [0, 0.05) is 17.5 Å². The zero-order valence-corrected chi connectivity index (χ0v) is 14.8. The Morgan fingerprint density at radius 1 is 1.42 bits per heavy atom. The van der Waals surface area contributed by atoms with Crippen LogP contribution in [0.2, 0.25) is 0 Å². The highest BCUT2D eigenvalue weighted by atomic mass is 32.2. The zero-order valence-electron chi connectivity index (χ0n) is 14.0. The van der Waals surface area contributed by atoms with Gasteiger partial charge in [-0.1, -0.05) is 5.16 Å². The summed E-state index contributed by atoms with van der Waals surface area (Å²) in [6.07, 6.45) is 2.94. The van der Waals surface area contributed by atoms with E-state index < -0.39 is 11.5 Å². The molecule has 0 aromatic carbocycles. The van der Waals surface area contributed by atoms with Crippen LogP contribution in [0.5, 0.6) is 0 Å². The van der Waals surface area contributed by atoms with E-state index in [4.69, 9.17) is 4.52 Å². The lowest BCUT2D eigenvalue weighted by molar-refractivity contribution is -0.146. The topological polar surface area (TPSA) is 110 Å². The van der Waals surface area contributed by atoms with Crippen molar-refractivity contribution in [3.8, 4) is 0 Å². The van der Waals surface area contributed by atoms with Crippen LogP contribution in [0.25, 0.3) is 0 Å². The summed E-state index contributed by atoms with van der Waals surface area (Å²) in [7, 11) is 0. The predicted molar refractivity (Wildman–Crippen MR) is 90.0 cm³/mol. The average molecular weight is 352 g/mol. The minimum Gasteiger partial charge on any atom is -0.479 e. The molecule has 8 nitrogen and oxygen atoms in total. The first-order chi connectivity index (χ1) is 11.2. The summed E-state index contributed by atoms with van der Waals surface area (Å²) in [6.45, 7) is 6.78. The molecule has 0 saturated carbocycles. The average Bonchev–Trinajstić information content (AvgIpc) is 3.08. The maximum atomic E-state index is 12.0. The standard InChI is InChI=1S/C15H20N4O4S/c1-9-12(10(2)23-18-9)7-24-8-13(20)17-11-5-16-19(6-11)15(3,4)14(21)22/h5-6H,7-8H2,1-4H3,(H,17,20)(H,21,22). The number of carboxylic acid groups (broad SMARTS) is 1. The number of aromatic nitrogens is 3. The molecule has 0 unspecified atom stereocenters. The van der Waals surface area contributed by atoms with Crippen LogP contribution in [0.15, 0.2) is 16.9 Å². The normalized spacial score (nSPS) is 11.5. The monoisotopic (exact) mass is 352 g/mol. The Balaban J connectivity index is 1.87. The molecule has 0 spiro atoms. The van der Waals surface area contributed by atoms with Gasteiger partial charge >= 0.3 is 5.97 Å². The van der Waals surface area contributed by atoms with Gasteiger partial charge in [0.25, 0.3) is 0 Å². The Hall–Kier alpha value is -2.29. The number of thioether (sulfide) groups is 1. The van der Waals surface area contributed by atoms with Gasteiger partial charge in [-0.3, -0.25) is 9.48 Å². The minimum absolute atomic E-state index is 0.181. The second kappa shape index (κ2) is 7.08. The number of carbonyl (C=O) groups excluding carboxylic acids is 1. The van der Waals surface area contributed by atoms with Crippen LogP contribution in [-0.2, 0) is 20.9 Å². The van der Waals surface area contributed by atoms with E-state index in [1.54, 1.807) is 0 Å². The summed E-state index contributed by atoms with van der Waals surface area (Å²) in [5, 5.41) is 19.8. The van der Waals surface area contributed by atoms with Crippen molar-refractivity contribution >= 4 is 29.3 Å². The molecule has 0 aliphatic rings. The molecule has 0 aliphatic heterocycles. The van der Waals surface area contributed by atoms with Gasteiger partial charge in [-0.05, 0) is 27.7 Å². The predicted octanol–water partition coefficient (Wildman–Crippen LogP) is 2.18. The van der Waals surface area contributed by atoms with E-state index in [1.807, 2.05) is 13.8 Å². The Morgan fingerprint density at radius 3 is 2.71 bits per heavy atom. The van der Waals surface area contributed by atoms with Crippen molar-refractivity contribution < 1.29 is 19.2 Å². The molecule has 2 heterocycles. The number of rotatable bonds is 7. The molecular weight excluding hydrogens is 332 g/mol. The summed E-state index contributed by atoms with van der Waals surface area (Å²) in [5.74, 6) is 0.479. The molecule has 0 saturated heterocycles. The molecule has 1 amide bonds. The second-order valence-corrected chi connectivity index (χ2v) is 6.87.